The Morgan fingerprint density at radius 1 is 1.07 bits per heavy atom. The lowest BCUT2D eigenvalue weighted by molar-refractivity contribution is 0.166. The molecule has 0 saturated carbocycles. The van der Waals surface area contributed by atoms with Crippen LogP contribution in [0.3, 0.4) is 0 Å². The molecule has 2 aromatic carbocycles. The zero-order chi connectivity index (χ0) is 20.9. The monoisotopic (exact) mass is 414 g/mol. The van der Waals surface area contributed by atoms with Crippen molar-refractivity contribution in [3.8, 4) is 6.07 Å². The zero-order valence-corrected chi connectivity index (χ0v) is 19.3. The lowest BCUT2D eigenvalue weighted by Crippen LogP contribution is -2.46. The number of nitrogens with one attached hydrogen (secondary N) is 1. The van der Waals surface area contributed by atoms with Crippen LogP contribution < -0.4 is 4.72 Å². The quantitative estimate of drug-likeness (QED) is 0.628. The fourth-order valence-electron chi connectivity index (χ4n) is 2.47. The fourth-order valence-corrected chi connectivity index (χ4v) is 4.65. The van der Waals surface area contributed by atoms with E-state index in [1.165, 1.54) is 0 Å². The molecule has 0 bridgehead atoms. The largest absolute Gasteiger partial charge is 0.407 e. The highest BCUT2D eigenvalue weighted by Crippen LogP contribution is 2.40. The Kier molecular flexibility index (Phi) is 7.35. The molecule has 0 aliphatic rings. The smallest absolute Gasteiger partial charge is 0.193 e. The minimum absolute atomic E-state index is 0.00382. The van der Waals surface area contributed by atoms with Crippen molar-refractivity contribution in [1.82, 2.24) is 4.72 Å². The second kappa shape index (κ2) is 9.14. The van der Waals surface area contributed by atoms with Gasteiger partial charge in [-0.05, 0) is 42.8 Å². The Balaban J connectivity index is 2.33. The summed E-state index contributed by atoms with van der Waals surface area (Å²) in [7, 11) is -3.66. The Morgan fingerprint density at radius 3 is 2.14 bits per heavy atom. The van der Waals surface area contributed by atoms with E-state index in [0.29, 0.717) is 4.90 Å². The molecule has 0 heterocycles. The summed E-state index contributed by atoms with van der Waals surface area (Å²) in [6, 6.07) is 18.7. The first-order valence-electron chi connectivity index (χ1n) is 9.42. The Morgan fingerprint density at radius 2 is 1.64 bits per heavy atom. The van der Waals surface area contributed by atoms with Gasteiger partial charge in [-0.15, -0.1) is 0 Å². The van der Waals surface area contributed by atoms with E-state index in [1.54, 1.807) is 0 Å². The van der Waals surface area contributed by atoms with Gasteiger partial charge < -0.3 is 4.43 Å². The van der Waals surface area contributed by atoms with Crippen LogP contribution in [0.25, 0.3) is 0 Å². The number of nitrogens with zero attached hydrogens (tertiary/aromatic N) is 1. The fraction of sp³-hybridized carbons (Fsp3) is 0.409. The molecule has 1 N–H and O–H groups in total. The van der Waals surface area contributed by atoms with Crippen molar-refractivity contribution >= 4 is 19.3 Å². The normalized spacial score (nSPS) is 15.5. The molecule has 4 nitrogen and oxygen atoms in total. The Bertz CT molecular complexity index is 840. The van der Waals surface area contributed by atoms with E-state index in [1.807, 2.05) is 61.5 Å². The molecule has 150 valence electrons. The van der Waals surface area contributed by atoms with Crippen molar-refractivity contribution < 1.29 is 8.63 Å². The van der Waals surface area contributed by atoms with E-state index >= 15 is 0 Å². The van der Waals surface area contributed by atoms with Crippen molar-refractivity contribution in [2.24, 2.45) is 0 Å². The molecule has 3 atom stereocenters. The van der Waals surface area contributed by atoms with Gasteiger partial charge in [-0.25, -0.2) is 8.93 Å². The van der Waals surface area contributed by atoms with Gasteiger partial charge in [0.2, 0.25) is 0 Å². The molecule has 0 aliphatic carbocycles. The summed E-state index contributed by atoms with van der Waals surface area (Å²) in [6.07, 6.45) is -0.499. The van der Waals surface area contributed by atoms with Crippen LogP contribution in [-0.2, 0) is 15.4 Å². The summed E-state index contributed by atoms with van der Waals surface area (Å²) in [5.41, 5.74) is 2.01. The molecule has 6 heteroatoms. The van der Waals surface area contributed by atoms with Gasteiger partial charge in [0.1, 0.15) is 23.1 Å². The number of aryl methyl sites for hydroxylation is 1. The Labute approximate surface area is 172 Å². The third-order valence-corrected chi connectivity index (χ3v) is 10.9. The van der Waals surface area contributed by atoms with E-state index in [-0.39, 0.29) is 5.04 Å². The minimum Gasteiger partial charge on any atom is -0.407 e. The van der Waals surface area contributed by atoms with Gasteiger partial charge in [-0.3, -0.25) is 0 Å². The first kappa shape index (κ1) is 22.5. The second-order valence-corrected chi connectivity index (χ2v) is 14.5. The molecule has 0 unspecified atom stereocenters. The predicted octanol–water partition coefficient (Wildman–Crippen LogP) is 5.26. The van der Waals surface area contributed by atoms with Crippen LogP contribution in [0.4, 0.5) is 0 Å². The number of hydrogen-bond acceptors (Lipinski definition) is 3. The maximum Gasteiger partial charge on any atom is 0.193 e. The van der Waals surface area contributed by atoms with Gasteiger partial charge in [0.15, 0.2) is 8.32 Å². The number of hydrogen-bond donors (Lipinski definition) is 1. The van der Waals surface area contributed by atoms with E-state index < -0.39 is 31.4 Å². The second-order valence-electron chi connectivity index (χ2n) is 8.52. The third-order valence-electron chi connectivity index (χ3n) is 5.27. The van der Waals surface area contributed by atoms with E-state index in [2.05, 4.69) is 44.7 Å². The molecule has 0 amide bonds. The van der Waals surface area contributed by atoms with Gasteiger partial charge in [-0.2, -0.15) is 5.26 Å². The first-order valence-corrected chi connectivity index (χ1v) is 13.5. The van der Waals surface area contributed by atoms with Crippen LogP contribution in [0.1, 0.15) is 38.0 Å². The molecular formula is C22H30N2O2SSi. The van der Waals surface area contributed by atoms with Crippen LogP contribution >= 0.6 is 0 Å². The average Bonchev–Trinajstić information content (AvgIpc) is 2.64. The SMILES string of the molecule is Cc1ccc([S@@](=O)N[C@@H](C#N)[C@H](O[Si](C)(C)C(C)(C)C)c2ccccc2)cc1. The van der Waals surface area contributed by atoms with Crippen molar-refractivity contribution in [2.75, 3.05) is 0 Å². The third kappa shape index (κ3) is 5.61. The highest BCUT2D eigenvalue weighted by Gasteiger charge is 2.41. The molecule has 2 aromatic rings. The molecular weight excluding hydrogens is 384 g/mol. The standard InChI is InChI=1S/C22H30N2O2SSi/c1-17-12-14-19(15-13-17)27(25)24-20(16-23)21(18-10-8-7-9-11-18)26-28(5,6)22(2,3)4/h7-15,20-21,24H,1-6H3/t20-,21+,27+/m0/s1. The molecule has 0 radical (unpaired) electrons. The molecule has 2 rings (SSSR count). The number of rotatable bonds is 7. The summed E-state index contributed by atoms with van der Waals surface area (Å²) in [4.78, 5) is 0.644. The van der Waals surface area contributed by atoms with Gasteiger partial charge in [0.25, 0.3) is 0 Å². The maximum atomic E-state index is 12.8. The van der Waals surface area contributed by atoms with Crippen molar-refractivity contribution in [1.29, 1.82) is 5.26 Å². The van der Waals surface area contributed by atoms with Crippen LogP contribution in [0, 0.1) is 18.3 Å². The van der Waals surface area contributed by atoms with Gasteiger partial charge in [0, 0.05) is 0 Å². The molecule has 0 saturated heterocycles. The van der Waals surface area contributed by atoms with Gasteiger partial charge in [0.05, 0.1) is 11.0 Å². The van der Waals surface area contributed by atoms with Crippen LogP contribution in [0.2, 0.25) is 18.1 Å². The predicted molar refractivity (Wildman–Crippen MR) is 118 cm³/mol. The van der Waals surface area contributed by atoms with E-state index in [9.17, 15) is 9.47 Å². The van der Waals surface area contributed by atoms with Gasteiger partial charge in [-0.1, -0.05) is 68.8 Å². The molecule has 0 spiro atoms. The minimum atomic E-state index is -2.16. The first-order chi connectivity index (χ1) is 13.0. The van der Waals surface area contributed by atoms with Crippen LogP contribution in [0.15, 0.2) is 59.5 Å². The molecule has 0 aromatic heterocycles. The highest BCUT2D eigenvalue weighted by molar-refractivity contribution is 7.83. The zero-order valence-electron chi connectivity index (χ0n) is 17.5. The highest BCUT2D eigenvalue weighted by atomic mass is 32.2. The van der Waals surface area contributed by atoms with Crippen molar-refractivity contribution in [3.05, 3.63) is 65.7 Å². The summed E-state index contributed by atoms with van der Waals surface area (Å²) in [5, 5.41) is 9.88. The van der Waals surface area contributed by atoms with Gasteiger partial charge >= 0.3 is 0 Å². The Hall–Kier alpha value is -1.78. The molecule has 28 heavy (non-hydrogen) atoms. The number of nitriles is 1. The lowest BCUT2D eigenvalue weighted by atomic mass is 10.0. The summed E-state index contributed by atoms with van der Waals surface area (Å²) < 4.78 is 22.4. The molecule has 0 aliphatic heterocycles. The maximum absolute atomic E-state index is 12.8. The molecule has 0 fully saturated rings. The summed E-state index contributed by atoms with van der Waals surface area (Å²) in [5.74, 6) is 0. The lowest BCUT2D eigenvalue weighted by Gasteiger charge is -2.40. The van der Waals surface area contributed by atoms with Crippen LogP contribution in [0.5, 0.6) is 0 Å². The summed E-state index contributed by atoms with van der Waals surface area (Å²) >= 11 is 0. The van der Waals surface area contributed by atoms with E-state index in [0.717, 1.165) is 11.1 Å². The van der Waals surface area contributed by atoms with Crippen molar-refractivity contribution in [3.63, 3.8) is 0 Å². The van der Waals surface area contributed by atoms with Crippen LogP contribution in [-0.4, -0.2) is 18.6 Å². The van der Waals surface area contributed by atoms with Crippen molar-refractivity contribution in [2.45, 2.75) is 62.9 Å². The van der Waals surface area contributed by atoms with E-state index in [4.69, 9.17) is 4.43 Å². The topological polar surface area (TPSA) is 62.1 Å². The average molecular weight is 415 g/mol. The number of benzene rings is 2. The summed E-state index contributed by atoms with van der Waals surface area (Å²) in [6.45, 7) is 12.8.